The molecule has 0 fully saturated rings. The highest BCUT2D eigenvalue weighted by atomic mass is 31.1. The van der Waals surface area contributed by atoms with Crippen LogP contribution in [0.4, 0.5) is 10.5 Å². The van der Waals surface area contributed by atoms with Crippen molar-refractivity contribution < 1.29 is 43.3 Å². The number of hydrogen-bond acceptors (Lipinski definition) is 10. The number of benzene rings is 2. The van der Waals surface area contributed by atoms with E-state index < -0.39 is 48.3 Å². The van der Waals surface area contributed by atoms with E-state index in [9.17, 15) is 34.5 Å². The van der Waals surface area contributed by atoms with Gasteiger partial charge < -0.3 is 25.0 Å². The van der Waals surface area contributed by atoms with Crippen LogP contribution in [0.5, 0.6) is 5.75 Å². The van der Waals surface area contributed by atoms with Crippen LogP contribution in [0.3, 0.4) is 0 Å². The molecule has 13 heteroatoms. The molecule has 2 unspecified atom stereocenters. The summed E-state index contributed by atoms with van der Waals surface area (Å²) in [6.45, 7) is -0.348. The van der Waals surface area contributed by atoms with Crippen molar-refractivity contribution in [1.82, 2.24) is 5.32 Å². The van der Waals surface area contributed by atoms with Gasteiger partial charge in [-0.05, 0) is 22.3 Å². The van der Waals surface area contributed by atoms with Gasteiger partial charge in [0.05, 0.1) is 12.0 Å². The molecule has 176 valence electrons. The fourth-order valence-electron chi connectivity index (χ4n) is 2.60. The molecule has 2 aromatic carbocycles. The second-order valence-corrected chi connectivity index (χ2v) is 7.89. The average molecular weight is 481 g/mol. The molecule has 0 saturated carbocycles. The van der Waals surface area contributed by atoms with Crippen molar-refractivity contribution >= 4 is 25.8 Å². The molecule has 12 nitrogen and oxygen atoms in total. The van der Waals surface area contributed by atoms with Crippen molar-refractivity contribution in [3.8, 4) is 5.75 Å². The molecule has 2 aromatic rings. The van der Waals surface area contributed by atoms with Gasteiger partial charge in [0.1, 0.15) is 19.3 Å². The van der Waals surface area contributed by atoms with Gasteiger partial charge in [0.15, 0.2) is 5.75 Å². The number of alkyl carbamates (subject to hydrolysis) is 1. The Balaban J connectivity index is 1.89. The largest absolute Gasteiger partial charge is 0.545 e. The Bertz CT molecular complexity index is 1000. The molecule has 33 heavy (non-hydrogen) atoms. The predicted molar refractivity (Wildman–Crippen MR) is 113 cm³/mol. The fraction of sp³-hybridized carbons (Fsp3) is 0.300. The Morgan fingerprint density at radius 2 is 1.91 bits per heavy atom. The maximum atomic E-state index is 12.2. The van der Waals surface area contributed by atoms with Gasteiger partial charge in [-0.3, -0.25) is 10.1 Å². The van der Waals surface area contributed by atoms with Crippen LogP contribution in [0.15, 0.2) is 48.5 Å². The van der Waals surface area contributed by atoms with E-state index in [1.807, 2.05) is 6.07 Å². The van der Waals surface area contributed by atoms with Gasteiger partial charge >= 0.3 is 31.6 Å². The first-order valence-corrected chi connectivity index (χ1v) is 10.8. The molecular weight excluding hydrogens is 459 g/mol. The molecule has 0 aliphatic rings. The molecule has 0 saturated heterocycles. The van der Waals surface area contributed by atoms with Crippen LogP contribution in [-0.4, -0.2) is 47.0 Å². The van der Waals surface area contributed by atoms with Crippen LogP contribution in [-0.2, 0) is 30.0 Å². The van der Waals surface area contributed by atoms with Crippen LogP contribution in [0.2, 0.25) is 0 Å². The summed E-state index contributed by atoms with van der Waals surface area (Å²) in [5.74, 6) is -3.13. The van der Waals surface area contributed by atoms with Gasteiger partial charge in [-0.15, -0.1) is 4.52 Å². The Morgan fingerprint density at radius 1 is 1.21 bits per heavy atom. The number of esters is 1. The van der Waals surface area contributed by atoms with Crippen LogP contribution in [0.1, 0.15) is 23.4 Å². The quantitative estimate of drug-likeness (QED) is 0.187. The number of hydrogen-bond donors (Lipinski definition) is 3. The van der Waals surface area contributed by atoms with Crippen molar-refractivity contribution in [2.24, 2.45) is 0 Å². The highest BCUT2D eigenvalue weighted by Gasteiger charge is 2.35. The summed E-state index contributed by atoms with van der Waals surface area (Å²) in [4.78, 5) is 34.0. The number of nitro benzene ring substituents is 1. The second kappa shape index (κ2) is 12.4. The number of phenolic OH excluding ortho intramolecular Hbond substituents is 1. The van der Waals surface area contributed by atoms with Crippen LogP contribution >= 0.6 is 8.03 Å². The van der Waals surface area contributed by atoms with Crippen molar-refractivity contribution in [3.63, 3.8) is 0 Å². The third-order valence-electron chi connectivity index (χ3n) is 4.31. The number of amides is 1. The molecule has 0 aliphatic heterocycles. The Labute approximate surface area is 189 Å². The average Bonchev–Trinajstić information content (AvgIpc) is 2.81. The number of methoxy groups -OCH3 is 1. The van der Waals surface area contributed by atoms with Crippen molar-refractivity contribution in [2.75, 3.05) is 13.7 Å². The molecule has 0 heterocycles. The van der Waals surface area contributed by atoms with Gasteiger partial charge in [-0.25, -0.2) is 9.59 Å². The summed E-state index contributed by atoms with van der Waals surface area (Å²) in [6, 6.07) is 10.7. The highest BCUT2D eigenvalue weighted by molar-refractivity contribution is 7.39. The lowest BCUT2D eigenvalue weighted by Gasteiger charge is -2.15. The minimum atomic E-state index is -2.77. The van der Waals surface area contributed by atoms with E-state index in [1.54, 1.807) is 24.3 Å². The van der Waals surface area contributed by atoms with Crippen LogP contribution in [0, 0.1) is 10.1 Å². The molecule has 0 aliphatic carbocycles. The number of phenols is 1. The van der Waals surface area contributed by atoms with Crippen LogP contribution in [0.25, 0.3) is 0 Å². The lowest BCUT2D eigenvalue weighted by Crippen LogP contribution is -2.42. The molecule has 0 aromatic heterocycles. The monoisotopic (exact) mass is 481 g/mol. The minimum Gasteiger partial charge on any atom is -0.502 e. The first-order chi connectivity index (χ1) is 15.7. The zero-order chi connectivity index (χ0) is 24.4. The van der Waals surface area contributed by atoms with Crippen molar-refractivity contribution in [3.05, 3.63) is 69.8 Å². The highest BCUT2D eigenvalue weighted by Crippen LogP contribution is 2.42. The number of aliphatic hydroxyl groups excluding tert-OH is 1. The van der Waals surface area contributed by atoms with Crippen molar-refractivity contribution in [2.45, 2.75) is 24.9 Å². The maximum Gasteiger partial charge on any atom is 0.545 e. The Kier molecular flexibility index (Phi) is 9.67. The van der Waals surface area contributed by atoms with E-state index in [1.165, 1.54) is 0 Å². The summed E-state index contributed by atoms with van der Waals surface area (Å²) in [6.07, 6.45) is -1.04. The standard InChI is InChI=1S/C20H21N2O10P/c1-30-18(24)15(21-20(26)31-12-13-5-3-2-4-6-13)9-10-32-33(29)19(25)14-7-8-17(23)16(11-14)22(27)28/h2-8,11,15,19,25H,9-10,12H2,1H3,(H-,21,23,26)/p+1/t15-,19?/m0/s1. The smallest absolute Gasteiger partial charge is 0.502 e. The minimum absolute atomic E-state index is 0.0200. The number of aliphatic hydroxyl groups is 1. The Morgan fingerprint density at radius 3 is 2.55 bits per heavy atom. The maximum absolute atomic E-state index is 12.2. The molecule has 0 spiro atoms. The molecule has 2 rings (SSSR count). The van der Waals surface area contributed by atoms with Gasteiger partial charge in [-0.1, -0.05) is 30.3 Å². The van der Waals surface area contributed by atoms with E-state index >= 15 is 0 Å². The third kappa shape index (κ3) is 7.79. The lowest BCUT2D eigenvalue weighted by atomic mass is 10.2. The Hall–Kier alpha value is -3.60. The van der Waals surface area contributed by atoms with Gasteiger partial charge in [0.2, 0.25) is 0 Å². The summed E-state index contributed by atoms with van der Waals surface area (Å²) in [5, 5.41) is 32.8. The molecule has 0 bridgehead atoms. The summed E-state index contributed by atoms with van der Waals surface area (Å²) in [7, 11) is -1.65. The van der Waals surface area contributed by atoms with E-state index in [-0.39, 0.29) is 25.2 Å². The molecule has 0 radical (unpaired) electrons. The van der Waals surface area contributed by atoms with Crippen molar-refractivity contribution in [1.29, 1.82) is 0 Å². The summed E-state index contributed by atoms with van der Waals surface area (Å²) in [5.41, 5.74) is -0.0299. The third-order valence-corrected chi connectivity index (χ3v) is 5.44. The van der Waals surface area contributed by atoms with Gasteiger partial charge in [0, 0.05) is 18.1 Å². The zero-order valence-electron chi connectivity index (χ0n) is 17.4. The number of rotatable bonds is 11. The van der Waals surface area contributed by atoms with Gasteiger partial charge in [-0.2, -0.15) is 0 Å². The topological polar surface area (TPSA) is 175 Å². The number of nitrogens with zero attached hydrogens (tertiary/aromatic N) is 1. The first kappa shape index (κ1) is 25.7. The molecule has 1 amide bonds. The summed E-state index contributed by atoms with van der Waals surface area (Å²) < 4.78 is 26.9. The SMILES string of the molecule is COC(=O)[C@H](CCO[P+](=O)C(O)c1ccc(O)c([N+](=O)[O-])c1)NC(=O)OCc1ccccc1. The number of carbonyl (C=O) groups is 2. The number of nitro groups is 1. The van der Waals surface area contributed by atoms with Crippen LogP contribution < -0.4 is 5.32 Å². The number of aromatic hydroxyl groups is 1. The normalized spacial score (nSPS) is 12.8. The molecule has 3 atom stereocenters. The molecular formula is C20H22N2O10P+. The van der Waals surface area contributed by atoms with E-state index in [0.29, 0.717) is 0 Å². The first-order valence-electron chi connectivity index (χ1n) is 9.52. The lowest BCUT2D eigenvalue weighted by molar-refractivity contribution is -0.386. The zero-order valence-corrected chi connectivity index (χ0v) is 18.3. The predicted octanol–water partition coefficient (Wildman–Crippen LogP) is 2.91. The number of nitrogens with one attached hydrogen (secondary N) is 1. The van der Waals surface area contributed by atoms with E-state index in [2.05, 4.69) is 10.1 Å². The summed E-state index contributed by atoms with van der Waals surface area (Å²) >= 11 is 0. The second-order valence-electron chi connectivity index (χ2n) is 6.57. The van der Waals surface area contributed by atoms with Gasteiger partial charge in [0.25, 0.3) is 0 Å². The van der Waals surface area contributed by atoms with E-state index in [0.717, 1.165) is 30.9 Å². The number of carbonyl (C=O) groups excluding carboxylic acids is 2. The number of ether oxygens (including phenoxy) is 2. The van der Waals surface area contributed by atoms with E-state index in [4.69, 9.17) is 9.26 Å². The molecule has 3 N–H and O–H groups in total. The fourth-order valence-corrected chi connectivity index (χ4v) is 3.43.